The number of carbonyl (C=O) groups is 3. The van der Waals surface area contributed by atoms with E-state index in [9.17, 15) is 19.5 Å². The average molecular weight is 536 g/mol. The number of fused-ring (bicyclic) bond motifs is 2. The number of aliphatic hydroxyl groups is 1. The van der Waals surface area contributed by atoms with Gasteiger partial charge in [0, 0.05) is 39.3 Å². The first kappa shape index (κ1) is 27.6. The second kappa shape index (κ2) is 11.3. The van der Waals surface area contributed by atoms with Crippen LogP contribution >= 0.6 is 0 Å². The van der Waals surface area contributed by atoms with Crippen LogP contribution in [0.15, 0.2) is 54.6 Å². The summed E-state index contributed by atoms with van der Waals surface area (Å²) in [5.41, 5.74) is -1.17. The lowest BCUT2D eigenvalue weighted by atomic mass is 9.73. The molecule has 8 nitrogen and oxygen atoms in total. The number of aliphatic hydroxyl groups excluding tert-OH is 1. The van der Waals surface area contributed by atoms with E-state index in [1.54, 1.807) is 4.90 Å². The van der Waals surface area contributed by atoms with Crippen LogP contribution in [0.1, 0.15) is 51.5 Å². The molecule has 4 aliphatic rings. The monoisotopic (exact) mass is 535 g/mol. The van der Waals surface area contributed by atoms with Gasteiger partial charge in [0.05, 0.1) is 17.4 Å². The quantitative estimate of drug-likeness (QED) is 0.368. The van der Waals surface area contributed by atoms with Gasteiger partial charge in [0.15, 0.2) is 0 Å². The summed E-state index contributed by atoms with van der Waals surface area (Å²) >= 11 is 0. The number of benzene rings is 1. The van der Waals surface area contributed by atoms with Gasteiger partial charge < -0.3 is 24.5 Å². The molecular formula is C31H41N3O5. The van der Waals surface area contributed by atoms with Crippen LogP contribution in [0.5, 0.6) is 0 Å². The minimum absolute atomic E-state index is 0.0214. The smallest absolute Gasteiger partial charge is 0.249 e. The van der Waals surface area contributed by atoms with Gasteiger partial charge in [0.2, 0.25) is 17.7 Å². The number of hydrogen-bond acceptors (Lipinski definition) is 5. The third kappa shape index (κ3) is 4.61. The summed E-state index contributed by atoms with van der Waals surface area (Å²) in [4.78, 5) is 48.2. The highest BCUT2D eigenvalue weighted by atomic mass is 16.5. The zero-order valence-electron chi connectivity index (χ0n) is 23.1. The molecule has 4 aliphatic heterocycles. The van der Waals surface area contributed by atoms with Crippen molar-refractivity contribution in [1.29, 1.82) is 0 Å². The molecule has 0 aliphatic carbocycles. The van der Waals surface area contributed by atoms with E-state index in [1.165, 1.54) is 0 Å². The summed E-state index contributed by atoms with van der Waals surface area (Å²) < 4.78 is 7.00. The summed E-state index contributed by atoms with van der Waals surface area (Å²) in [6.45, 7) is 6.40. The van der Waals surface area contributed by atoms with Crippen LogP contribution in [0, 0.1) is 11.8 Å². The zero-order valence-corrected chi connectivity index (χ0v) is 23.1. The molecular weight excluding hydrogens is 494 g/mol. The predicted octanol–water partition coefficient (Wildman–Crippen LogP) is 2.92. The second-order valence-corrected chi connectivity index (χ2v) is 11.2. The van der Waals surface area contributed by atoms with Crippen molar-refractivity contribution in [3.05, 3.63) is 60.2 Å². The van der Waals surface area contributed by atoms with Crippen molar-refractivity contribution in [2.24, 2.45) is 11.8 Å². The first-order chi connectivity index (χ1) is 18.9. The SMILES string of the molecule is CCCCN1CC=C[C@]23O[C@@]4(CC)C=CCN(Cc5ccccc5)C(=O)[C@H]4[C@H]2C(=O)N(CCCCO)C3C1=O. The summed E-state index contributed by atoms with van der Waals surface area (Å²) in [6.07, 6.45) is 11.3. The number of nitrogens with zero attached hydrogens (tertiary/aromatic N) is 3. The summed E-state index contributed by atoms with van der Waals surface area (Å²) in [7, 11) is 0. The van der Waals surface area contributed by atoms with Gasteiger partial charge in [-0.15, -0.1) is 0 Å². The maximum Gasteiger partial charge on any atom is 0.249 e. The lowest BCUT2D eigenvalue weighted by molar-refractivity contribution is -0.154. The Bertz CT molecular complexity index is 1140. The van der Waals surface area contributed by atoms with Gasteiger partial charge in [0.25, 0.3) is 0 Å². The number of amides is 3. The highest BCUT2D eigenvalue weighted by Crippen LogP contribution is 2.58. The molecule has 3 amide bonds. The molecule has 0 aromatic heterocycles. The Kier molecular flexibility index (Phi) is 7.96. The van der Waals surface area contributed by atoms with Crippen LogP contribution in [0.3, 0.4) is 0 Å². The second-order valence-electron chi connectivity index (χ2n) is 11.2. The van der Waals surface area contributed by atoms with E-state index < -0.39 is 29.1 Å². The van der Waals surface area contributed by atoms with E-state index in [1.807, 2.05) is 71.4 Å². The lowest BCUT2D eigenvalue weighted by Crippen LogP contribution is -2.56. The fourth-order valence-corrected chi connectivity index (χ4v) is 6.99. The Hall–Kier alpha value is -2.97. The topological polar surface area (TPSA) is 90.4 Å². The Morgan fingerprint density at radius 2 is 1.62 bits per heavy atom. The molecule has 1 aromatic carbocycles. The van der Waals surface area contributed by atoms with Gasteiger partial charge in [-0.05, 0) is 31.2 Å². The van der Waals surface area contributed by atoms with Crippen LogP contribution in [0.2, 0.25) is 0 Å². The average Bonchev–Trinajstić information content (AvgIpc) is 3.24. The first-order valence-electron chi connectivity index (χ1n) is 14.5. The molecule has 0 radical (unpaired) electrons. The van der Waals surface area contributed by atoms with Gasteiger partial charge in [-0.3, -0.25) is 14.4 Å². The molecule has 0 saturated carbocycles. The van der Waals surface area contributed by atoms with Crippen molar-refractivity contribution >= 4 is 17.7 Å². The maximum absolute atomic E-state index is 14.4. The van der Waals surface area contributed by atoms with Crippen LogP contribution in [0.25, 0.3) is 0 Å². The molecule has 4 heterocycles. The third-order valence-corrected chi connectivity index (χ3v) is 8.91. The molecule has 2 fully saturated rings. The van der Waals surface area contributed by atoms with E-state index in [0.717, 1.165) is 18.4 Å². The Labute approximate surface area is 231 Å². The van der Waals surface area contributed by atoms with Crippen LogP contribution in [0.4, 0.5) is 0 Å². The number of likely N-dealkylation sites (tertiary alicyclic amines) is 1. The molecule has 1 unspecified atom stereocenters. The van der Waals surface area contributed by atoms with Crippen molar-refractivity contribution < 1.29 is 24.2 Å². The molecule has 5 rings (SSSR count). The highest BCUT2D eigenvalue weighted by molar-refractivity contribution is 6.00. The van der Waals surface area contributed by atoms with Gasteiger partial charge in [-0.1, -0.05) is 74.9 Å². The predicted molar refractivity (Wildman–Crippen MR) is 147 cm³/mol. The lowest BCUT2D eigenvalue weighted by Gasteiger charge is -2.38. The van der Waals surface area contributed by atoms with Gasteiger partial charge in [-0.25, -0.2) is 0 Å². The molecule has 2 saturated heterocycles. The molecule has 5 atom stereocenters. The normalized spacial score (nSPS) is 31.8. The number of unbranched alkanes of at least 4 members (excludes halogenated alkanes) is 2. The van der Waals surface area contributed by atoms with E-state index in [4.69, 9.17) is 4.74 Å². The molecule has 39 heavy (non-hydrogen) atoms. The fraction of sp³-hybridized carbons (Fsp3) is 0.581. The largest absolute Gasteiger partial charge is 0.396 e. The van der Waals surface area contributed by atoms with Crippen molar-refractivity contribution in [3.8, 4) is 0 Å². The van der Waals surface area contributed by atoms with Crippen molar-refractivity contribution in [2.45, 2.75) is 69.7 Å². The number of carbonyl (C=O) groups excluding carboxylic acids is 3. The van der Waals surface area contributed by atoms with Crippen LogP contribution in [-0.2, 0) is 25.7 Å². The van der Waals surface area contributed by atoms with Crippen molar-refractivity contribution in [3.63, 3.8) is 0 Å². The van der Waals surface area contributed by atoms with Crippen LogP contribution < -0.4 is 0 Å². The highest BCUT2D eigenvalue weighted by Gasteiger charge is 2.75. The number of rotatable bonds is 10. The number of hydrogen-bond donors (Lipinski definition) is 1. The standard InChI is InChI=1S/C31H41N3O5/c1-3-5-17-32-18-12-16-31-25(28(37)34(20-9-10-21-35)26(31)29(32)38)24-27(36)33(22-23-13-7-6-8-14-23)19-11-15-30(24,4-2)39-31/h6-8,11-16,24-26,35H,3-5,9-10,17-22H2,1-2H3/t24-,25+,26?,30+,31+/m1/s1. The zero-order chi connectivity index (χ0) is 27.6. The fourth-order valence-electron chi connectivity index (χ4n) is 6.99. The number of ether oxygens (including phenoxy) is 1. The maximum atomic E-state index is 14.4. The molecule has 0 bridgehead atoms. The third-order valence-electron chi connectivity index (χ3n) is 8.91. The molecule has 210 valence electrons. The molecule has 1 aromatic rings. The van der Waals surface area contributed by atoms with E-state index in [2.05, 4.69) is 6.92 Å². The molecule has 1 N–H and O–H groups in total. The van der Waals surface area contributed by atoms with Gasteiger partial charge in [0.1, 0.15) is 11.6 Å². The van der Waals surface area contributed by atoms with Gasteiger partial charge in [-0.2, -0.15) is 0 Å². The van der Waals surface area contributed by atoms with E-state index in [-0.39, 0.29) is 24.3 Å². The summed E-state index contributed by atoms with van der Waals surface area (Å²) in [5.74, 6) is -1.95. The minimum Gasteiger partial charge on any atom is -0.396 e. The minimum atomic E-state index is -1.22. The molecule has 8 heteroatoms. The Balaban J connectivity index is 1.57. The first-order valence-corrected chi connectivity index (χ1v) is 14.5. The Morgan fingerprint density at radius 1 is 0.872 bits per heavy atom. The van der Waals surface area contributed by atoms with E-state index >= 15 is 0 Å². The van der Waals surface area contributed by atoms with Crippen LogP contribution in [-0.4, -0.2) is 87.6 Å². The molecule has 1 spiro atoms. The Morgan fingerprint density at radius 3 is 2.33 bits per heavy atom. The summed E-state index contributed by atoms with van der Waals surface area (Å²) in [5, 5.41) is 9.40. The summed E-state index contributed by atoms with van der Waals surface area (Å²) in [6, 6.07) is 9.03. The van der Waals surface area contributed by atoms with Gasteiger partial charge >= 0.3 is 0 Å². The van der Waals surface area contributed by atoms with E-state index in [0.29, 0.717) is 52.0 Å². The van der Waals surface area contributed by atoms with Crippen molar-refractivity contribution in [1.82, 2.24) is 14.7 Å². The van der Waals surface area contributed by atoms with Crippen molar-refractivity contribution in [2.75, 3.05) is 32.8 Å².